The number of aryl methyl sites for hydroxylation is 1. The van der Waals surface area contributed by atoms with Crippen LogP contribution in [0.5, 0.6) is 17.2 Å². The highest BCUT2D eigenvalue weighted by atomic mass is 32.1. The van der Waals surface area contributed by atoms with Gasteiger partial charge in [-0.15, -0.1) is 0 Å². The summed E-state index contributed by atoms with van der Waals surface area (Å²) in [7, 11) is 4.91. The van der Waals surface area contributed by atoms with Crippen LogP contribution in [0, 0.1) is 0 Å². The van der Waals surface area contributed by atoms with E-state index in [9.17, 15) is 9.59 Å². The first-order valence-electron chi connectivity index (χ1n) is 10.9. The van der Waals surface area contributed by atoms with Gasteiger partial charge < -0.3 is 14.2 Å². The number of fused-ring (bicyclic) bond motifs is 1. The summed E-state index contributed by atoms with van der Waals surface area (Å²) in [6, 6.07) is 11.5. The van der Waals surface area contributed by atoms with Crippen LogP contribution in [0.3, 0.4) is 0 Å². The van der Waals surface area contributed by atoms with E-state index in [1.165, 1.54) is 15.7 Å². The number of benzene rings is 2. The molecule has 0 N–H and O–H groups in total. The second-order valence-electron chi connectivity index (χ2n) is 8.03. The molecule has 2 aromatic carbocycles. The summed E-state index contributed by atoms with van der Waals surface area (Å²) in [4.78, 5) is 27.3. The van der Waals surface area contributed by atoms with Gasteiger partial charge in [0.25, 0.3) is 0 Å². The maximum atomic E-state index is 12.8. The Morgan fingerprint density at radius 3 is 2.27 bits per heavy atom. The van der Waals surface area contributed by atoms with Gasteiger partial charge in [0.05, 0.1) is 27.9 Å². The first kappa shape index (κ1) is 23.1. The van der Waals surface area contributed by atoms with Crippen LogP contribution in [-0.2, 0) is 26.1 Å². The summed E-state index contributed by atoms with van der Waals surface area (Å²) in [6.07, 6.45) is 1.74. The van der Waals surface area contributed by atoms with Crippen LogP contribution >= 0.6 is 11.5 Å². The maximum Gasteiger partial charge on any atom is 0.341 e. The highest BCUT2D eigenvalue weighted by molar-refractivity contribution is 7.03. The van der Waals surface area contributed by atoms with Crippen molar-refractivity contribution >= 4 is 11.5 Å². The third kappa shape index (κ3) is 5.15. The highest BCUT2D eigenvalue weighted by Crippen LogP contribution is 2.33. The molecule has 0 unspecified atom stereocenters. The molecule has 0 bridgehead atoms. The third-order valence-electron chi connectivity index (χ3n) is 5.99. The first-order valence-corrected chi connectivity index (χ1v) is 11.7. The van der Waals surface area contributed by atoms with Crippen molar-refractivity contribution in [1.29, 1.82) is 0 Å². The number of methoxy groups -OCH3 is 3. The van der Waals surface area contributed by atoms with E-state index < -0.39 is 0 Å². The second-order valence-corrected chi connectivity index (χ2v) is 9.00. The van der Waals surface area contributed by atoms with Crippen LogP contribution in [0.15, 0.2) is 46.0 Å². The molecule has 9 heteroatoms. The maximum absolute atomic E-state index is 12.8. The predicted molar refractivity (Wildman–Crippen MR) is 128 cm³/mol. The normalized spacial score (nSPS) is 13.5. The molecule has 8 nitrogen and oxygen atoms in total. The van der Waals surface area contributed by atoms with Crippen LogP contribution < -0.4 is 24.8 Å². The number of rotatable bonds is 9. The zero-order valence-electron chi connectivity index (χ0n) is 19.2. The van der Waals surface area contributed by atoms with Crippen molar-refractivity contribution < 1.29 is 14.2 Å². The average Bonchev–Trinajstić information content (AvgIpc) is 3.11. The molecular formula is C24H29N3O5S. The molecule has 0 radical (unpaired) electrons. The Labute approximate surface area is 196 Å². The number of hydrogen-bond acceptors (Lipinski definition) is 7. The number of nitrogens with zero attached hydrogens (tertiary/aromatic N) is 3. The SMILES string of the molecule is COc1ccc(Cn2c(=O)sn(CCCN3CCc4cc(OC)c(OC)cc4C3)c2=O)cc1. The Morgan fingerprint density at radius 1 is 0.909 bits per heavy atom. The van der Waals surface area contributed by atoms with E-state index in [0.717, 1.165) is 66.8 Å². The van der Waals surface area contributed by atoms with Gasteiger partial charge in [-0.2, -0.15) is 0 Å². The van der Waals surface area contributed by atoms with E-state index in [0.29, 0.717) is 6.54 Å². The summed E-state index contributed by atoms with van der Waals surface area (Å²) >= 11 is 0.990. The molecule has 176 valence electrons. The van der Waals surface area contributed by atoms with Gasteiger partial charge in [0.1, 0.15) is 5.75 Å². The van der Waals surface area contributed by atoms with Crippen molar-refractivity contribution in [3.63, 3.8) is 0 Å². The number of aromatic nitrogens is 2. The topological polar surface area (TPSA) is 74.9 Å². The van der Waals surface area contributed by atoms with E-state index in [2.05, 4.69) is 17.0 Å². The number of hydrogen-bond donors (Lipinski definition) is 0. The van der Waals surface area contributed by atoms with E-state index in [-0.39, 0.29) is 17.1 Å². The highest BCUT2D eigenvalue weighted by Gasteiger charge is 2.19. The minimum Gasteiger partial charge on any atom is -0.497 e. The van der Waals surface area contributed by atoms with Crippen molar-refractivity contribution in [3.05, 3.63) is 73.2 Å². The van der Waals surface area contributed by atoms with E-state index >= 15 is 0 Å². The average molecular weight is 472 g/mol. The lowest BCUT2D eigenvalue weighted by molar-refractivity contribution is 0.245. The van der Waals surface area contributed by atoms with E-state index in [4.69, 9.17) is 14.2 Å². The van der Waals surface area contributed by atoms with Crippen LogP contribution in [-0.4, -0.2) is 47.8 Å². The van der Waals surface area contributed by atoms with Crippen LogP contribution in [0.25, 0.3) is 0 Å². The Kier molecular flexibility index (Phi) is 7.20. The first-order chi connectivity index (χ1) is 16.0. The molecule has 1 aliphatic heterocycles. The molecule has 1 aliphatic rings. The van der Waals surface area contributed by atoms with Crippen molar-refractivity contribution in [3.8, 4) is 17.2 Å². The Hall–Kier alpha value is -3.04. The lowest BCUT2D eigenvalue weighted by Crippen LogP contribution is -2.33. The summed E-state index contributed by atoms with van der Waals surface area (Å²) < 4.78 is 18.9. The molecule has 0 atom stereocenters. The third-order valence-corrected chi connectivity index (χ3v) is 6.92. The molecular weight excluding hydrogens is 442 g/mol. The lowest BCUT2D eigenvalue weighted by atomic mass is 9.98. The second kappa shape index (κ2) is 10.3. The quantitative estimate of drug-likeness (QED) is 0.478. The summed E-state index contributed by atoms with van der Waals surface area (Å²) in [5.41, 5.74) is 3.17. The standard InChI is InChI=1S/C24H29N3O5S/c1-30-20-7-5-17(6-8-20)15-26-23(28)27(33-24(26)29)11-4-10-25-12-9-18-13-21(31-2)22(32-3)14-19(18)16-25/h5-8,13-14H,4,9-12,15-16H2,1-3H3. The van der Waals surface area contributed by atoms with Crippen LogP contribution in [0.2, 0.25) is 0 Å². The van der Waals surface area contributed by atoms with Crippen molar-refractivity contribution in [1.82, 2.24) is 13.4 Å². The molecule has 1 aromatic heterocycles. The minimum atomic E-state index is -0.248. The molecule has 0 aliphatic carbocycles. The van der Waals surface area contributed by atoms with Gasteiger partial charge in [-0.1, -0.05) is 12.1 Å². The molecule has 0 fully saturated rings. The molecule has 0 amide bonds. The molecule has 4 rings (SSSR count). The van der Waals surface area contributed by atoms with Crippen LogP contribution in [0.4, 0.5) is 0 Å². The van der Waals surface area contributed by atoms with E-state index in [1.807, 2.05) is 24.3 Å². The summed E-state index contributed by atoms with van der Waals surface area (Å²) in [5, 5.41) is 0. The van der Waals surface area contributed by atoms with Crippen molar-refractivity contribution in [2.24, 2.45) is 0 Å². The zero-order chi connectivity index (χ0) is 23.4. The molecule has 33 heavy (non-hydrogen) atoms. The molecule has 0 saturated carbocycles. The van der Waals surface area contributed by atoms with E-state index in [1.54, 1.807) is 25.3 Å². The summed E-state index contributed by atoms with van der Waals surface area (Å²) in [6.45, 7) is 3.43. The molecule has 0 spiro atoms. The van der Waals surface area contributed by atoms with Crippen LogP contribution in [0.1, 0.15) is 23.1 Å². The van der Waals surface area contributed by atoms with Gasteiger partial charge in [-0.3, -0.25) is 9.69 Å². The fourth-order valence-corrected chi connectivity index (χ4v) is 4.98. The fourth-order valence-electron chi connectivity index (χ4n) is 4.15. The van der Waals surface area contributed by atoms with Crippen molar-refractivity contribution in [2.45, 2.75) is 32.5 Å². The Bertz CT molecular complexity index is 1210. The lowest BCUT2D eigenvalue weighted by Gasteiger charge is -2.29. The smallest absolute Gasteiger partial charge is 0.341 e. The Balaban J connectivity index is 1.36. The molecule has 2 heterocycles. The zero-order valence-corrected chi connectivity index (χ0v) is 20.0. The summed E-state index contributed by atoms with van der Waals surface area (Å²) in [5.74, 6) is 2.25. The monoisotopic (exact) mass is 471 g/mol. The minimum absolute atomic E-state index is 0.233. The largest absolute Gasteiger partial charge is 0.497 e. The van der Waals surface area contributed by atoms with Gasteiger partial charge in [0.2, 0.25) is 0 Å². The molecule has 0 saturated heterocycles. The van der Waals surface area contributed by atoms with Gasteiger partial charge in [-0.05, 0) is 53.8 Å². The van der Waals surface area contributed by atoms with Gasteiger partial charge >= 0.3 is 10.6 Å². The van der Waals surface area contributed by atoms with Gasteiger partial charge in [0, 0.05) is 37.7 Å². The van der Waals surface area contributed by atoms with Gasteiger partial charge in [0.15, 0.2) is 11.5 Å². The predicted octanol–water partition coefficient (Wildman–Crippen LogP) is 2.59. The fraction of sp³-hybridized carbons (Fsp3) is 0.417. The Morgan fingerprint density at radius 2 is 1.61 bits per heavy atom. The number of ether oxygens (including phenoxy) is 3. The molecule has 3 aromatic rings. The van der Waals surface area contributed by atoms with Crippen molar-refractivity contribution in [2.75, 3.05) is 34.4 Å². The van der Waals surface area contributed by atoms with Gasteiger partial charge in [-0.25, -0.2) is 13.3 Å².